The van der Waals surface area contributed by atoms with Crippen LogP contribution in [-0.2, 0) is 10.0 Å². The Bertz CT molecular complexity index is 577. The van der Waals surface area contributed by atoms with Crippen molar-refractivity contribution in [3.8, 4) is 0 Å². The molecule has 18 heavy (non-hydrogen) atoms. The number of nitrogens with two attached hydrogens (primary N) is 1. The number of benzene rings is 1. The van der Waals surface area contributed by atoms with Crippen molar-refractivity contribution in [2.75, 3.05) is 12.3 Å². The van der Waals surface area contributed by atoms with E-state index in [1.165, 1.54) is 0 Å². The van der Waals surface area contributed by atoms with Gasteiger partial charge < -0.3 is 5.73 Å². The van der Waals surface area contributed by atoms with Crippen LogP contribution in [0.3, 0.4) is 0 Å². The van der Waals surface area contributed by atoms with Gasteiger partial charge in [-0.05, 0) is 30.4 Å². The van der Waals surface area contributed by atoms with E-state index in [9.17, 15) is 12.8 Å². The van der Waals surface area contributed by atoms with Crippen LogP contribution in [-0.4, -0.2) is 15.0 Å². The topological polar surface area (TPSA) is 72.2 Å². The third-order valence-corrected chi connectivity index (χ3v) is 5.04. The largest absolute Gasteiger partial charge is 0.396 e. The third kappa shape index (κ3) is 2.76. The fourth-order valence-corrected chi connectivity index (χ4v) is 3.37. The zero-order chi connectivity index (χ0) is 13.5. The predicted molar refractivity (Wildman–Crippen MR) is 68.3 cm³/mol. The summed E-state index contributed by atoms with van der Waals surface area (Å²) in [6.45, 7) is 2.43. The summed E-state index contributed by atoms with van der Waals surface area (Å²) in [4.78, 5) is -0.184. The SMILES string of the molecule is CC1CC1CNS(=O)(=O)c1cc(N)c(F)cc1Cl. The first kappa shape index (κ1) is 13.6. The average Bonchev–Trinajstić information content (AvgIpc) is 2.97. The first-order valence-electron chi connectivity index (χ1n) is 5.55. The Morgan fingerprint density at radius 3 is 2.72 bits per heavy atom. The van der Waals surface area contributed by atoms with Crippen molar-refractivity contribution < 1.29 is 12.8 Å². The van der Waals surface area contributed by atoms with E-state index in [1.54, 1.807) is 0 Å². The van der Waals surface area contributed by atoms with Crippen molar-refractivity contribution in [1.29, 1.82) is 0 Å². The van der Waals surface area contributed by atoms with Gasteiger partial charge in [-0.25, -0.2) is 17.5 Å². The normalized spacial score (nSPS) is 23.1. The standard InChI is InChI=1S/C11H14ClFN2O2S/c1-6-2-7(6)5-15-18(16,17)11-4-10(14)9(13)3-8(11)12/h3-4,6-7,15H,2,5,14H2,1H3. The molecule has 1 aliphatic carbocycles. The van der Waals surface area contributed by atoms with Crippen molar-refractivity contribution in [2.45, 2.75) is 18.2 Å². The van der Waals surface area contributed by atoms with Crippen LogP contribution < -0.4 is 10.5 Å². The highest BCUT2D eigenvalue weighted by Gasteiger charge is 2.33. The van der Waals surface area contributed by atoms with E-state index < -0.39 is 15.8 Å². The quantitative estimate of drug-likeness (QED) is 0.834. The molecule has 2 rings (SSSR count). The van der Waals surface area contributed by atoms with Crippen LogP contribution in [0.15, 0.2) is 17.0 Å². The maximum atomic E-state index is 13.1. The molecule has 7 heteroatoms. The molecule has 1 saturated carbocycles. The van der Waals surface area contributed by atoms with Gasteiger partial charge in [-0.15, -0.1) is 0 Å². The number of sulfonamides is 1. The average molecular weight is 293 g/mol. The Morgan fingerprint density at radius 1 is 1.56 bits per heavy atom. The van der Waals surface area contributed by atoms with Gasteiger partial charge in [-0.3, -0.25) is 0 Å². The second-order valence-corrected chi connectivity index (χ2v) is 6.77. The summed E-state index contributed by atoms with van der Waals surface area (Å²) in [5, 5.41) is -0.168. The first-order chi connectivity index (χ1) is 8.31. The summed E-state index contributed by atoms with van der Waals surface area (Å²) in [5.41, 5.74) is 5.11. The molecule has 100 valence electrons. The summed E-state index contributed by atoms with van der Waals surface area (Å²) >= 11 is 5.73. The molecule has 0 heterocycles. The Labute approximate surface area is 110 Å². The summed E-state index contributed by atoms with van der Waals surface area (Å²) in [6, 6.07) is 1.95. The smallest absolute Gasteiger partial charge is 0.242 e. The molecule has 1 aromatic carbocycles. The second-order valence-electron chi connectivity index (χ2n) is 4.63. The van der Waals surface area contributed by atoms with Crippen LogP contribution in [0.5, 0.6) is 0 Å². The second kappa shape index (κ2) is 4.68. The Hall–Kier alpha value is -0.850. The summed E-state index contributed by atoms with van der Waals surface area (Å²) in [7, 11) is -3.74. The lowest BCUT2D eigenvalue weighted by Crippen LogP contribution is -2.26. The molecular formula is C11H14ClFN2O2S. The lowest BCUT2D eigenvalue weighted by molar-refractivity contribution is 0.574. The number of nitrogen functional groups attached to an aromatic ring is 1. The molecule has 4 nitrogen and oxygen atoms in total. The van der Waals surface area contributed by atoms with E-state index in [0.717, 1.165) is 18.6 Å². The van der Waals surface area contributed by atoms with Crippen molar-refractivity contribution in [1.82, 2.24) is 4.72 Å². The van der Waals surface area contributed by atoms with E-state index in [1.807, 2.05) is 0 Å². The van der Waals surface area contributed by atoms with E-state index in [0.29, 0.717) is 18.4 Å². The molecule has 1 fully saturated rings. The fraction of sp³-hybridized carbons (Fsp3) is 0.455. The molecule has 0 bridgehead atoms. The van der Waals surface area contributed by atoms with E-state index in [4.69, 9.17) is 17.3 Å². The van der Waals surface area contributed by atoms with Crippen LogP contribution in [0.1, 0.15) is 13.3 Å². The zero-order valence-corrected chi connectivity index (χ0v) is 11.4. The molecule has 0 spiro atoms. The number of hydrogen-bond donors (Lipinski definition) is 2. The molecular weight excluding hydrogens is 279 g/mol. The Morgan fingerprint density at radius 2 is 2.17 bits per heavy atom. The van der Waals surface area contributed by atoms with E-state index >= 15 is 0 Å². The van der Waals surface area contributed by atoms with Gasteiger partial charge in [0.15, 0.2) is 0 Å². The minimum Gasteiger partial charge on any atom is -0.396 e. The summed E-state index contributed by atoms with van der Waals surface area (Å²) in [6.07, 6.45) is 1.02. The van der Waals surface area contributed by atoms with Gasteiger partial charge in [0, 0.05) is 6.54 Å². The number of nitrogens with one attached hydrogen (secondary N) is 1. The Kier molecular flexibility index (Phi) is 3.53. The van der Waals surface area contributed by atoms with Gasteiger partial charge in [0.1, 0.15) is 10.7 Å². The van der Waals surface area contributed by atoms with E-state index in [2.05, 4.69) is 11.6 Å². The van der Waals surface area contributed by atoms with Gasteiger partial charge in [-0.1, -0.05) is 18.5 Å². The molecule has 3 N–H and O–H groups in total. The van der Waals surface area contributed by atoms with Crippen molar-refractivity contribution in [3.63, 3.8) is 0 Å². The number of hydrogen-bond acceptors (Lipinski definition) is 3. The minimum atomic E-state index is -3.74. The molecule has 2 unspecified atom stereocenters. The Balaban J connectivity index is 2.21. The first-order valence-corrected chi connectivity index (χ1v) is 7.41. The van der Waals surface area contributed by atoms with Gasteiger partial charge in [0.2, 0.25) is 10.0 Å². The molecule has 2 atom stereocenters. The van der Waals surface area contributed by atoms with Gasteiger partial charge in [0.25, 0.3) is 0 Å². The van der Waals surface area contributed by atoms with Crippen LogP contribution in [0, 0.1) is 17.7 Å². The number of anilines is 1. The number of halogens is 2. The molecule has 0 radical (unpaired) electrons. The van der Waals surface area contributed by atoms with Crippen LogP contribution in [0.2, 0.25) is 5.02 Å². The lowest BCUT2D eigenvalue weighted by Gasteiger charge is -2.09. The fourth-order valence-electron chi connectivity index (χ4n) is 1.73. The molecule has 0 amide bonds. The third-order valence-electron chi connectivity index (χ3n) is 3.15. The molecule has 0 saturated heterocycles. The van der Waals surface area contributed by atoms with Crippen LogP contribution in [0.25, 0.3) is 0 Å². The van der Waals surface area contributed by atoms with Crippen LogP contribution >= 0.6 is 11.6 Å². The zero-order valence-electron chi connectivity index (χ0n) is 9.78. The molecule has 1 aromatic rings. The van der Waals surface area contributed by atoms with Crippen molar-refractivity contribution >= 4 is 27.3 Å². The molecule has 1 aliphatic rings. The van der Waals surface area contributed by atoms with Gasteiger partial charge in [0.05, 0.1) is 10.7 Å². The number of rotatable bonds is 4. The summed E-state index contributed by atoms with van der Waals surface area (Å²) < 4.78 is 39.5. The summed E-state index contributed by atoms with van der Waals surface area (Å²) in [5.74, 6) is 0.188. The highest BCUT2D eigenvalue weighted by atomic mass is 35.5. The van der Waals surface area contributed by atoms with Crippen LogP contribution in [0.4, 0.5) is 10.1 Å². The predicted octanol–water partition coefficient (Wildman–Crippen LogP) is 2.00. The van der Waals surface area contributed by atoms with Crippen molar-refractivity contribution in [3.05, 3.63) is 23.0 Å². The highest BCUT2D eigenvalue weighted by Crippen LogP contribution is 2.37. The van der Waals surface area contributed by atoms with E-state index in [-0.39, 0.29) is 15.6 Å². The maximum Gasteiger partial charge on any atom is 0.242 e. The van der Waals surface area contributed by atoms with Gasteiger partial charge >= 0.3 is 0 Å². The lowest BCUT2D eigenvalue weighted by atomic mass is 10.3. The highest BCUT2D eigenvalue weighted by molar-refractivity contribution is 7.89. The minimum absolute atomic E-state index is 0.168. The molecule has 0 aromatic heterocycles. The van der Waals surface area contributed by atoms with Crippen molar-refractivity contribution in [2.24, 2.45) is 11.8 Å². The maximum absolute atomic E-state index is 13.1. The monoisotopic (exact) mass is 292 g/mol. The molecule has 0 aliphatic heterocycles. The van der Waals surface area contributed by atoms with Gasteiger partial charge in [-0.2, -0.15) is 0 Å².